The Bertz CT molecular complexity index is 2650. The van der Waals surface area contributed by atoms with Crippen LogP contribution in [0.25, 0.3) is 77.2 Å². The molecule has 0 radical (unpaired) electrons. The van der Waals surface area contributed by atoms with Crippen LogP contribution in [0.4, 0.5) is 0 Å². The highest BCUT2D eigenvalue weighted by molar-refractivity contribution is 6.12. The Morgan fingerprint density at radius 2 is 0.978 bits per heavy atom. The molecule has 0 N–H and O–H groups in total. The molecular formula is C43H27N3. The van der Waals surface area contributed by atoms with Gasteiger partial charge in [-0.3, -0.25) is 0 Å². The van der Waals surface area contributed by atoms with Gasteiger partial charge in [0, 0.05) is 32.8 Å². The molecule has 9 rings (SSSR count). The van der Waals surface area contributed by atoms with Crippen molar-refractivity contribution in [2.45, 2.75) is 0 Å². The molecule has 0 fully saturated rings. The van der Waals surface area contributed by atoms with E-state index < -0.39 is 0 Å². The number of aromatic nitrogens is 2. The van der Waals surface area contributed by atoms with E-state index >= 15 is 0 Å². The summed E-state index contributed by atoms with van der Waals surface area (Å²) in [5.41, 5.74) is 12.1. The summed E-state index contributed by atoms with van der Waals surface area (Å²) in [5.74, 6) is 0. The Kier molecular flexibility index (Phi) is 5.88. The number of para-hydroxylation sites is 4. The van der Waals surface area contributed by atoms with Gasteiger partial charge in [-0.2, -0.15) is 5.26 Å². The van der Waals surface area contributed by atoms with Crippen LogP contribution in [0, 0.1) is 11.3 Å². The van der Waals surface area contributed by atoms with Gasteiger partial charge in [0.2, 0.25) is 0 Å². The monoisotopic (exact) mass is 585 g/mol. The molecule has 0 atom stereocenters. The van der Waals surface area contributed by atoms with Crippen LogP contribution in [0.5, 0.6) is 0 Å². The lowest BCUT2D eigenvalue weighted by atomic mass is 9.92. The Hall–Kier alpha value is -6.37. The molecule has 0 aliphatic carbocycles. The van der Waals surface area contributed by atoms with Gasteiger partial charge >= 0.3 is 0 Å². The first-order valence-electron chi connectivity index (χ1n) is 15.5. The zero-order valence-corrected chi connectivity index (χ0v) is 24.9. The van der Waals surface area contributed by atoms with Crippen molar-refractivity contribution >= 4 is 43.6 Å². The van der Waals surface area contributed by atoms with Crippen LogP contribution in [-0.4, -0.2) is 9.13 Å². The summed E-state index contributed by atoms with van der Waals surface area (Å²) in [6.45, 7) is 0. The van der Waals surface area contributed by atoms with Gasteiger partial charge in [-0.25, -0.2) is 0 Å². The zero-order chi connectivity index (χ0) is 30.6. The van der Waals surface area contributed by atoms with E-state index in [1.54, 1.807) is 0 Å². The van der Waals surface area contributed by atoms with Gasteiger partial charge in [0.05, 0.1) is 39.4 Å². The third-order valence-corrected chi connectivity index (χ3v) is 9.16. The van der Waals surface area contributed by atoms with Crippen molar-refractivity contribution < 1.29 is 0 Å². The molecule has 0 aliphatic heterocycles. The predicted octanol–water partition coefficient (Wildman–Crippen LogP) is 11.1. The van der Waals surface area contributed by atoms with E-state index in [4.69, 9.17) is 0 Å². The molecule has 0 aliphatic rings. The minimum absolute atomic E-state index is 0.650. The number of nitrogens with zero attached hydrogens (tertiary/aromatic N) is 3. The molecule has 7 aromatic carbocycles. The van der Waals surface area contributed by atoms with E-state index in [-0.39, 0.29) is 0 Å². The van der Waals surface area contributed by atoms with E-state index in [1.165, 1.54) is 38.3 Å². The number of hydrogen-bond donors (Lipinski definition) is 0. The molecule has 9 aromatic rings. The first kappa shape index (κ1) is 26.1. The van der Waals surface area contributed by atoms with Crippen LogP contribution >= 0.6 is 0 Å². The van der Waals surface area contributed by atoms with Crippen molar-refractivity contribution in [2.75, 3.05) is 0 Å². The molecule has 0 unspecified atom stereocenters. The predicted molar refractivity (Wildman–Crippen MR) is 191 cm³/mol. The maximum Gasteiger partial charge on any atom is 0.0992 e. The average molecular weight is 586 g/mol. The molecule has 0 bridgehead atoms. The molecular weight excluding hydrogens is 558 g/mol. The quantitative estimate of drug-likeness (QED) is 0.202. The minimum atomic E-state index is 0.650. The van der Waals surface area contributed by atoms with Crippen LogP contribution in [0.15, 0.2) is 164 Å². The van der Waals surface area contributed by atoms with Gasteiger partial charge in [0.15, 0.2) is 0 Å². The second-order valence-electron chi connectivity index (χ2n) is 11.7. The van der Waals surface area contributed by atoms with Crippen LogP contribution in [0.1, 0.15) is 5.56 Å². The van der Waals surface area contributed by atoms with Crippen molar-refractivity contribution in [3.05, 3.63) is 169 Å². The third kappa shape index (κ3) is 3.91. The molecule has 3 heteroatoms. The van der Waals surface area contributed by atoms with Crippen LogP contribution in [-0.2, 0) is 0 Å². The van der Waals surface area contributed by atoms with Crippen molar-refractivity contribution in [3.8, 4) is 39.7 Å². The molecule has 214 valence electrons. The fourth-order valence-electron chi connectivity index (χ4n) is 7.16. The van der Waals surface area contributed by atoms with E-state index in [1.807, 2.05) is 12.1 Å². The number of nitriles is 1. The molecule has 0 spiro atoms. The first-order chi connectivity index (χ1) is 22.8. The van der Waals surface area contributed by atoms with Gasteiger partial charge in [-0.05, 0) is 71.3 Å². The van der Waals surface area contributed by atoms with Crippen LogP contribution in [0.3, 0.4) is 0 Å². The summed E-state index contributed by atoms with van der Waals surface area (Å²) in [4.78, 5) is 0. The third-order valence-electron chi connectivity index (χ3n) is 9.16. The van der Waals surface area contributed by atoms with Gasteiger partial charge in [-0.1, -0.05) is 109 Å². The Morgan fingerprint density at radius 1 is 0.391 bits per heavy atom. The summed E-state index contributed by atoms with van der Waals surface area (Å²) in [6.07, 6.45) is 0. The Labute approximate surface area is 266 Å². The van der Waals surface area contributed by atoms with E-state index in [0.29, 0.717) is 5.56 Å². The summed E-state index contributed by atoms with van der Waals surface area (Å²) in [7, 11) is 0. The molecule has 2 aromatic heterocycles. The lowest BCUT2D eigenvalue weighted by Crippen LogP contribution is -1.98. The largest absolute Gasteiger partial charge is 0.309 e. The highest BCUT2D eigenvalue weighted by Crippen LogP contribution is 2.41. The van der Waals surface area contributed by atoms with Gasteiger partial charge < -0.3 is 9.13 Å². The second kappa shape index (κ2) is 10.4. The van der Waals surface area contributed by atoms with E-state index in [2.05, 4.69) is 167 Å². The standard InChI is InChI=1S/C43H27N3/c44-28-29-22-24-37-35-17-7-11-21-41(35)46(43(37)26-29)40-20-10-6-16-34(40)33-15-5-4-14-32(33)30-23-25-42-38(27-30)36-18-8-9-19-39(36)45(42)31-12-2-1-3-13-31/h1-27H. The SMILES string of the molecule is N#Cc1ccc2c3ccccc3n(-c3ccccc3-c3ccccc3-c3ccc4c(c3)c3ccccc3n4-c3ccccc3)c2c1. The summed E-state index contributed by atoms with van der Waals surface area (Å²) in [6, 6.07) is 60.2. The molecule has 46 heavy (non-hydrogen) atoms. The maximum atomic E-state index is 9.78. The highest BCUT2D eigenvalue weighted by Gasteiger charge is 2.19. The zero-order valence-electron chi connectivity index (χ0n) is 24.9. The van der Waals surface area contributed by atoms with Gasteiger partial charge in [0.1, 0.15) is 0 Å². The second-order valence-corrected chi connectivity index (χ2v) is 11.7. The van der Waals surface area contributed by atoms with Crippen molar-refractivity contribution in [1.82, 2.24) is 9.13 Å². The lowest BCUT2D eigenvalue weighted by Gasteiger charge is -2.17. The summed E-state index contributed by atoms with van der Waals surface area (Å²) >= 11 is 0. The van der Waals surface area contributed by atoms with Crippen molar-refractivity contribution in [2.24, 2.45) is 0 Å². The van der Waals surface area contributed by atoms with Crippen LogP contribution < -0.4 is 0 Å². The molecule has 0 saturated heterocycles. The molecule has 0 saturated carbocycles. The smallest absolute Gasteiger partial charge is 0.0992 e. The molecule has 0 amide bonds. The summed E-state index contributed by atoms with van der Waals surface area (Å²) in [5, 5.41) is 14.5. The van der Waals surface area contributed by atoms with Crippen molar-refractivity contribution in [1.29, 1.82) is 5.26 Å². The Morgan fingerprint density at radius 3 is 1.76 bits per heavy atom. The van der Waals surface area contributed by atoms with Gasteiger partial charge in [-0.15, -0.1) is 0 Å². The number of hydrogen-bond acceptors (Lipinski definition) is 1. The minimum Gasteiger partial charge on any atom is -0.309 e. The van der Waals surface area contributed by atoms with Gasteiger partial charge in [0.25, 0.3) is 0 Å². The molecule has 3 nitrogen and oxygen atoms in total. The first-order valence-corrected chi connectivity index (χ1v) is 15.5. The fourth-order valence-corrected chi connectivity index (χ4v) is 7.16. The topological polar surface area (TPSA) is 33.6 Å². The number of fused-ring (bicyclic) bond motifs is 6. The highest BCUT2D eigenvalue weighted by atomic mass is 15.0. The maximum absolute atomic E-state index is 9.78. The number of benzene rings is 7. The van der Waals surface area contributed by atoms with E-state index in [0.717, 1.165) is 38.9 Å². The Balaban J connectivity index is 1.28. The average Bonchev–Trinajstić information content (AvgIpc) is 3.64. The number of rotatable bonds is 4. The fraction of sp³-hybridized carbons (Fsp3) is 0. The van der Waals surface area contributed by atoms with Crippen molar-refractivity contribution in [3.63, 3.8) is 0 Å². The normalized spacial score (nSPS) is 11.5. The lowest BCUT2D eigenvalue weighted by molar-refractivity contribution is 1.18. The van der Waals surface area contributed by atoms with E-state index in [9.17, 15) is 5.26 Å². The van der Waals surface area contributed by atoms with Crippen LogP contribution in [0.2, 0.25) is 0 Å². The summed E-state index contributed by atoms with van der Waals surface area (Å²) < 4.78 is 4.67. The molecule has 2 heterocycles.